The molecular weight excluding hydrogens is 800 g/mol. The Morgan fingerprint density at radius 1 is 0.351 bits per heavy atom. The van der Waals surface area contributed by atoms with Crippen molar-refractivity contribution in [1.29, 1.82) is 0 Å². The van der Waals surface area contributed by atoms with Gasteiger partial charge in [0.05, 0.1) is 21.2 Å². The van der Waals surface area contributed by atoms with Crippen molar-refractivity contribution >= 4 is 96.0 Å². The van der Waals surface area contributed by atoms with Gasteiger partial charge >= 0.3 is 107 Å². The second-order valence-corrected chi connectivity index (χ2v) is 23.4. The zero-order valence-corrected chi connectivity index (χ0v) is 36.7. The molecule has 8 aromatic carbocycles. The SMILES string of the molecule is [BH3-][P+]([CH2][Ge])(c1ccccc1)c1ccccc1.c1ccc([PH+](C[B-](C[PH+](c2ccccc2)c2ccccc2)(c2ccccc2)c2ccccc2)c2ccccc2)cc1. The molecule has 8 rings (SSSR count). The van der Waals surface area contributed by atoms with Gasteiger partial charge in [-0.25, -0.2) is 0 Å². The Hall–Kier alpha value is -4.28. The molecule has 279 valence electrons. The third-order valence-corrected chi connectivity index (χ3v) is 21.2. The molecule has 3 radical (unpaired) electrons. The van der Waals surface area contributed by atoms with Crippen LogP contribution in [0.5, 0.6) is 0 Å². The van der Waals surface area contributed by atoms with Crippen LogP contribution < -0.4 is 42.8 Å². The molecule has 0 atom stereocenters. The fourth-order valence-electron chi connectivity index (χ4n) is 7.99. The van der Waals surface area contributed by atoms with Crippen LogP contribution in [0.3, 0.4) is 0 Å². The second-order valence-electron chi connectivity index (χ2n) is 14.2. The zero-order valence-electron chi connectivity index (χ0n) is 31.7. The van der Waals surface area contributed by atoms with Crippen LogP contribution in [0.25, 0.3) is 0 Å². The van der Waals surface area contributed by atoms with E-state index in [1.165, 1.54) is 37.1 Å². The Kier molecular flexibility index (Phi) is 14.7. The van der Waals surface area contributed by atoms with E-state index in [9.17, 15) is 0 Å². The minimum atomic E-state index is -1.13. The molecule has 0 bridgehead atoms. The van der Waals surface area contributed by atoms with Crippen molar-refractivity contribution in [1.82, 2.24) is 0 Å². The van der Waals surface area contributed by atoms with Gasteiger partial charge in [0, 0.05) is 15.8 Å². The van der Waals surface area contributed by atoms with E-state index in [0.717, 1.165) is 12.1 Å². The van der Waals surface area contributed by atoms with Crippen LogP contribution >= 0.6 is 23.0 Å². The van der Waals surface area contributed by atoms with Crippen LogP contribution in [-0.4, -0.2) is 47.3 Å². The van der Waals surface area contributed by atoms with Gasteiger partial charge in [0.2, 0.25) is 0 Å². The summed E-state index contributed by atoms with van der Waals surface area (Å²) in [5.74, 6) is 0. The van der Waals surface area contributed by atoms with Gasteiger partial charge in [0.1, 0.15) is 6.15 Å². The Bertz CT molecular complexity index is 2100. The third-order valence-electron chi connectivity index (χ3n) is 10.8. The van der Waals surface area contributed by atoms with Crippen LogP contribution in [0.1, 0.15) is 0 Å². The van der Waals surface area contributed by atoms with Crippen molar-refractivity contribution in [2.75, 3.05) is 17.1 Å². The first-order valence-corrected chi connectivity index (χ1v) is 25.9. The Balaban J connectivity index is 0.000000259. The van der Waals surface area contributed by atoms with Gasteiger partial charge in [-0.2, -0.15) is 10.9 Å². The molecule has 0 nitrogen and oxygen atoms in total. The summed E-state index contributed by atoms with van der Waals surface area (Å²) in [5, 5.41) is 9.16. The van der Waals surface area contributed by atoms with Gasteiger partial charge in [-0.05, 0) is 60.7 Å². The van der Waals surface area contributed by atoms with E-state index in [2.05, 4.69) is 259 Å². The molecule has 0 aliphatic heterocycles. The molecule has 0 heterocycles. The van der Waals surface area contributed by atoms with E-state index in [1.807, 2.05) is 0 Å². The molecule has 0 amide bonds. The maximum Gasteiger partial charge on any atom is 0.134 e. The first-order valence-electron chi connectivity index (χ1n) is 19.5. The molecule has 0 spiro atoms. The van der Waals surface area contributed by atoms with Gasteiger partial charge in [-0.15, -0.1) is 0 Å². The molecule has 6 heteroatoms. The molecule has 8 aromatic rings. The maximum absolute atomic E-state index is 2.40. The molecule has 0 saturated heterocycles. The van der Waals surface area contributed by atoms with Crippen molar-refractivity contribution in [3.63, 3.8) is 0 Å². The van der Waals surface area contributed by atoms with E-state index in [4.69, 9.17) is 0 Å². The second kappa shape index (κ2) is 20.4. The summed E-state index contributed by atoms with van der Waals surface area (Å²) in [6.45, 7) is 0. The largest absolute Gasteiger partial charge is 0.197 e. The number of hydrogen-bond acceptors (Lipinski definition) is 0. The minimum absolute atomic E-state index is 0.317. The zero-order chi connectivity index (χ0) is 39.2. The molecule has 0 aliphatic rings. The van der Waals surface area contributed by atoms with Crippen molar-refractivity contribution in [3.8, 4) is 0 Å². The van der Waals surface area contributed by atoms with Crippen molar-refractivity contribution in [3.05, 3.63) is 243 Å². The smallest absolute Gasteiger partial charge is 0.134 e. The van der Waals surface area contributed by atoms with Crippen LogP contribution in [0.2, 0.25) is 0 Å². The van der Waals surface area contributed by atoms with E-state index in [0.29, 0.717) is 7.57 Å². The first-order chi connectivity index (χ1) is 28.1. The van der Waals surface area contributed by atoms with E-state index >= 15 is 0 Å². The Labute approximate surface area is 353 Å². The van der Waals surface area contributed by atoms with Crippen LogP contribution in [0.15, 0.2) is 243 Å². The van der Waals surface area contributed by atoms with E-state index in [-0.39, 0.29) is 0 Å². The van der Waals surface area contributed by atoms with E-state index < -0.39 is 29.1 Å². The van der Waals surface area contributed by atoms with Gasteiger partial charge in [0.15, 0.2) is 0 Å². The van der Waals surface area contributed by atoms with Crippen molar-refractivity contribution < 1.29 is 0 Å². The van der Waals surface area contributed by atoms with Gasteiger partial charge in [0.25, 0.3) is 0 Å². The fourth-order valence-corrected chi connectivity index (χ4v) is 18.9. The molecule has 0 aromatic heterocycles. The van der Waals surface area contributed by atoms with Gasteiger partial charge < -0.3 is 0 Å². The summed E-state index contributed by atoms with van der Waals surface area (Å²) in [7, 11) is -2.82. The molecule has 0 saturated carbocycles. The van der Waals surface area contributed by atoms with Gasteiger partial charge in [-0.3, -0.25) is 0 Å². The average Bonchev–Trinajstić information content (AvgIpc) is 3.31. The van der Waals surface area contributed by atoms with Gasteiger partial charge in [-0.1, -0.05) is 133 Å². The first kappa shape index (κ1) is 40.9. The predicted octanol–water partition coefficient (Wildman–Crippen LogP) is 7.12. The van der Waals surface area contributed by atoms with Crippen LogP contribution in [-0.2, 0) is 0 Å². The summed E-state index contributed by atoms with van der Waals surface area (Å²) in [6.07, 6.45) is -1.13. The summed E-state index contributed by atoms with van der Waals surface area (Å²) in [5.41, 5.74) is 2.95. The van der Waals surface area contributed by atoms with Crippen LogP contribution in [0, 0.1) is 0 Å². The predicted molar refractivity (Wildman–Crippen MR) is 268 cm³/mol. The molecule has 0 unspecified atom stereocenters. The summed E-state index contributed by atoms with van der Waals surface area (Å²) in [4.78, 5) is 1.33. The summed E-state index contributed by atoms with van der Waals surface area (Å²) >= 11 is 2.36. The normalized spacial score (nSPS) is 11.5. The Morgan fingerprint density at radius 2 is 0.579 bits per heavy atom. The van der Waals surface area contributed by atoms with Crippen molar-refractivity contribution in [2.24, 2.45) is 0 Å². The molecule has 57 heavy (non-hydrogen) atoms. The fraction of sp³-hybridized carbons (Fsp3) is 0.0588. The molecular formula is C51H51B2GeP3+. The van der Waals surface area contributed by atoms with E-state index in [1.54, 1.807) is 10.6 Å². The molecule has 0 N–H and O–H groups in total. The van der Waals surface area contributed by atoms with Crippen LogP contribution in [0.4, 0.5) is 0 Å². The maximum atomic E-state index is 2.40. The topological polar surface area (TPSA) is 0 Å². The molecule has 0 fully saturated rings. The quantitative estimate of drug-likeness (QED) is 0.0858. The Morgan fingerprint density at radius 3 is 0.825 bits per heavy atom. The minimum Gasteiger partial charge on any atom is -0.197 e. The summed E-state index contributed by atoms with van der Waals surface area (Å²) < 4.78 is 0. The number of hydrogen-bond donors (Lipinski definition) is 0. The third kappa shape index (κ3) is 10.1. The number of rotatable bonds is 13. The van der Waals surface area contributed by atoms with Crippen molar-refractivity contribution in [2.45, 2.75) is 0 Å². The average molecular weight is 851 g/mol. The number of benzene rings is 8. The molecule has 0 aliphatic carbocycles. The summed E-state index contributed by atoms with van der Waals surface area (Å²) in [6, 6.07) is 92.6. The monoisotopic (exact) mass is 852 g/mol. The standard InChI is InChI=1S/C38H34BP2.C13H15BGeP/c1-7-19-33(20-8-1)39(34-21-9-2-10-22-34,31-40(35-23-11-3-12-24-35)36-25-13-4-14-26-36)32-41(37-27-15-5-16-28-37)38-29-17-6-18-30-38;14-16(11-15,12-7-3-1-4-8-12)13-9-5-2-6-10-13/h1-30H,31-32H2;1-10H,11H2,14H3/q-1;/p+2.